The van der Waals surface area contributed by atoms with Crippen molar-refractivity contribution in [1.82, 2.24) is 14.7 Å². The fraction of sp³-hybridized carbons (Fsp3) is 0.200. The number of thiazole rings is 1. The number of carbonyl (C=O) groups is 1. The van der Waals surface area contributed by atoms with Crippen molar-refractivity contribution in [3.63, 3.8) is 0 Å². The Labute approximate surface area is 212 Å². The largest absolute Gasteiger partial charge is 0.493 e. The number of methoxy groups -OCH3 is 2. The van der Waals surface area contributed by atoms with E-state index in [4.69, 9.17) is 9.47 Å². The molecule has 3 heterocycles. The zero-order valence-corrected chi connectivity index (χ0v) is 21.3. The molecular formula is C25H24N4O5S2. The molecule has 11 heteroatoms. The molecule has 0 bridgehead atoms. The number of fused-ring (bicyclic) bond motifs is 2. The molecule has 1 aliphatic rings. The van der Waals surface area contributed by atoms with Crippen LogP contribution in [0.5, 0.6) is 11.5 Å². The summed E-state index contributed by atoms with van der Waals surface area (Å²) in [5.74, 6) is 0.0337. The molecule has 0 unspecified atom stereocenters. The molecule has 2 aromatic carbocycles. The number of amides is 1. The summed E-state index contributed by atoms with van der Waals surface area (Å²) in [6.07, 6.45) is 7.28. The Morgan fingerprint density at radius 1 is 1.22 bits per heavy atom. The van der Waals surface area contributed by atoms with E-state index < -0.39 is 10.0 Å². The van der Waals surface area contributed by atoms with Crippen LogP contribution in [-0.2, 0) is 27.8 Å². The van der Waals surface area contributed by atoms with Crippen molar-refractivity contribution in [2.75, 3.05) is 25.1 Å². The third-order valence-corrected chi connectivity index (χ3v) is 8.48. The molecule has 0 spiro atoms. The van der Waals surface area contributed by atoms with E-state index in [1.165, 1.54) is 42.0 Å². The lowest BCUT2D eigenvalue weighted by Crippen LogP contribution is -2.29. The van der Waals surface area contributed by atoms with E-state index in [1.54, 1.807) is 18.2 Å². The number of para-hydroxylation sites is 1. The third kappa shape index (κ3) is 4.42. The fourth-order valence-corrected chi connectivity index (χ4v) is 6.61. The number of rotatable bonds is 8. The first kappa shape index (κ1) is 23.9. The fourth-order valence-electron chi connectivity index (χ4n) is 4.18. The minimum absolute atomic E-state index is 0.0285. The van der Waals surface area contributed by atoms with Gasteiger partial charge in [0.15, 0.2) is 16.5 Å². The highest BCUT2D eigenvalue weighted by molar-refractivity contribution is 7.93. The number of nitrogens with zero attached hydrogens (tertiary/aromatic N) is 3. The van der Waals surface area contributed by atoms with E-state index in [9.17, 15) is 13.2 Å². The average molecular weight is 525 g/mol. The first-order chi connectivity index (χ1) is 17.4. The molecule has 1 aliphatic heterocycles. The number of imidazole rings is 1. The van der Waals surface area contributed by atoms with Gasteiger partial charge < -0.3 is 14.8 Å². The smallest absolute Gasteiger partial charge is 0.268 e. The van der Waals surface area contributed by atoms with Crippen molar-refractivity contribution in [2.24, 2.45) is 0 Å². The van der Waals surface area contributed by atoms with Gasteiger partial charge in [-0.3, -0.25) is 13.5 Å². The van der Waals surface area contributed by atoms with Crippen LogP contribution in [0.4, 0.5) is 5.69 Å². The van der Waals surface area contributed by atoms with Crippen LogP contribution < -0.4 is 19.1 Å². The van der Waals surface area contributed by atoms with Gasteiger partial charge in [-0.05, 0) is 41.8 Å². The van der Waals surface area contributed by atoms with Crippen LogP contribution in [0.3, 0.4) is 0 Å². The van der Waals surface area contributed by atoms with Crippen LogP contribution in [0.25, 0.3) is 11.0 Å². The highest BCUT2D eigenvalue weighted by Gasteiger charge is 2.34. The second kappa shape index (κ2) is 9.67. The number of ether oxygens (including phenoxy) is 2. The number of carbonyl (C=O) groups excluding carboxylic acids is 1. The number of nitrogens with one attached hydrogen (secondary N) is 1. The lowest BCUT2D eigenvalue weighted by Gasteiger charge is -2.22. The predicted molar refractivity (Wildman–Crippen MR) is 138 cm³/mol. The molecule has 0 atom stereocenters. The van der Waals surface area contributed by atoms with Gasteiger partial charge in [-0.2, -0.15) is 0 Å². The zero-order valence-electron chi connectivity index (χ0n) is 19.7. The van der Waals surface area contributed by atoms with Crippen LogP contribution in [-0.4, -0.2) is 44.5 Å². The normalized spacial score (nSPS) is 13.3. The van der Waals surface area contributed by atoms with Crippen molar-refractivity contribution < 1.29 is 22.7 Å². The SMILES string of the molecule is COc1cc(C=CC(=O)NCc2cn3ccsc3n2)cc(S(=O)(=O)N2CCc3ccccc32)c1OC. The summed E-state index contributed by atoms with van der Waals surface area (Å²) in [6.45, 7) is 0.610. The van der Waals surface area contributed by atoms with Crippen molar-refractivity contribution >= 4 is 44.0 Å². The Bertz CT molecular complexity index is 1540. The van der Waals surface area contributed by atoms with Crippen LogP contribution >= 0.6 is 11.3 Å². The number of benzene rings is 2. The molecule has 0 aliphatic carbocycles. The maximum Gasteiger partial charge on any atom is 0.268 e. The summed E-state index contributed by atoms with van der Waals surface area (Å²) >= 11 is 1.52. The van der Waals surface area contributed by atoms with Crippen molar-refractivity contribution in [3.05, 3.63) is 77.1 Å². The standard InChI is InChI=1S/C25H24N4O5S2/c1-33-21-13-17(7-8-23(30)26-15-19-16-28-11-12-35-25(28)27-19)14-22(24(21)34-2)36(31,32)29-10-9-18-5-3-4-6-20(18)29/h3-8,11-14,16H,9-10,15H2,1-2H3,(H,26,30). The van der Waals surface area contributed by atoms with Gasteiger partial charge in [0, 0.05) is 30.4 Å². The first-order valence-electron chi connectivity index (χ1n) is 11.1. The number of hydrogen-bond acceptors (Lipinski definition) is 7. The predicted octanol–water partition coefficient (Wildman–Crippen LogP) is 3.49. The van der Waals surface area contributed by atoms with Crippen LogP contribution in [0.15, 0.2) is 65.1 Å². The topological polar surface area (TPSA) is 102 Å². The molecule has 1 amide bonds. The molecule has 9 nitrogen and oxygen atoms in total. The van der Waals surface area contributed by atoms with Crippen LogP contribution in [0, 0.1) is 0 Å². The monoisotopic (exact) mass is 524 g/mol. The van der Waals surface area contributed by atoms with Gasteiger partial charge in [0.1, 0.15) is 4.90 Å². The second-order valence-corrected chi connectivity index (χ2v) is 10.8. The third-order valence-electron chi connectivity index (χ3n) is 5.89. The van der Waals surface area contributed by atoms with E-state index in [2.05, 4.69) is 10.3 Å². The Morgan fingerprint density at radius 3 is 2.83 bits per heavy atom. The molecule has 0 radical (unpaired) electrons. The molecule has 0 saturated heterocycles. The maximum atomic E-state index is 13.7. The van der Waals surface area contributed by atoms with Gasteiger partial charge in [0.2, 0.25) is 5.91 Å². The molecular weight excluding hydrogens is 500 g/mol. The summed E-state index contributed by atoms with van der Waals surface area (Å²) in [5, 5.41) is 4.73. The number of sulfonamides is 1. The molecule has 0 saturated carbocycles. The van der Waals surface area contributed by atoms with Crippen molar-refractivity contribution in [3.8, 4) is 11.5 Å². The number of hydrogen-bond donors (Lipinski definition) is 1. The van der Waals surface area contributed by atoms with Gasteiger partial charge in [0.25, 0.3) is 10.0 Å². The highest BCUT2D eigenvalue weighted by Crippen LogP contribution is 2.40. The van der Waals surface area contributed by atoms with Crippen molar-refractivity contribution in [1.29, 1.82) is 0 Å². The number of aromatic nitrogens is 2. The summed E-state index contributed by atoms with van der Waals surface area (Å²) in [5.41, 5.74) is 2.85. The van der Waals surface area contributed by atoms with E-state index in [0.717, 1.165) is 16.2 Å². The summed E-state index contributed by atoms with van der Waals surface area (Å²) in [7, 11) is -1.12. The Balaban J connectivity index is 1.40. The van der Waals surface area contributed by atoms with Crippen molar-refractivity contribution in [2.45, 2.75) is 17.9 Å². The van der Waals surface area contributed by atoms with Crippen LogP contribution in [0.2, 0.25) is 0 Å². The zero-order chi connectivity index (χ0) is 25.3. The molecule has 1 N–H and O–H groups in total. The van der Waals surface area contributed by atoms with E-state index in [-0.39, 0.29) is 28.8 Å². The molecule has 2 aromatic heterocycles. The van der Waals surface area contributed by atoms with Crippen LogP contribution in [0.1, 0.15) is 16.8 Å². The lowest BCUT2D eigenvalue weighted by atomic mass is 10.2. The van der Waals surface area contributed by atoms with Gasteiger partial charge in [-0.1, -0.05) is 18.2 Å². The molecule has 5 rings (SSSR count). The minimum Gasteiger partial charge on any atom is -0.493 e. The summed E-state index contributed by atoms with van der Waals surface area (Å²) in [6, 6.07) is 10.5. The lowest BCUT2D eigenvalue weighted by molar-refractivity contribution is -0.116. The van der Waals surface area contributed by atoms with E-state index in [1.807, 2.05) is 40.4 Å². The first-order valence-corrected chi connectivity index (χ1v) is 13.5. The summed E-state index contributed by atoms with van der Waals surface area (Å²) < 4.78 is 41.6. The maximum absolute atomic E-state index is 13.7. The van der Waals surface area contributed by atoms with Gasteiger partial charge in [-0.25, -0.2) is 13.4 Å². The molecule has 4 aromatic rings. The highest BCUT2D eigenvalue weighted by atomic mass is 32.2. The Kier molecular flexibility index (Phi) is 6.42. The second-order valence-electron chi connectivity index (χ2n) is 8.09. The van der Waals surface area contributed by atoms with E-state index in [0.29, 0.717) is 24.2 Å². The van der Waals surface area contributed by atoms with Gasteiger partial charge in [-0.15, -0.1) is 11.3 Å². The molecule has 186 valence electrons. The Morgan fingerprint density at radius 2 is 2.06 bits per heavy atom. The minimum atomic E-state index is -3.96. The Hall–Kier alpha value is -3.83. The van der Waals surface area contributed by atoms with Gasteiger partial charge in [0.05, 0.1) is 32.1 Å². The van der Waals surface area contributed by atoms with E-state index >= 15 is 0 Å². The average Bonchev–Trinajstić information content (AvgIpc) is 3.60. The summed E-state index contributed by atoms with van der Waals surface area (Å²) in [4.78, 5) is 17.7. The number of anilines is 1. The molecule has 0 fully saturated rings. The quantitative estimate of drug-likeness (QED) is 0.354. The molecule has 36 heavy (non-hydrogen) atoms. The van der Waals surface area contributed by atoms with Gasteiger partial charge >= 0.3 is 0 Å².